The second-order valence-electron chi connectivity index (χ2n) is 4.19. The van der Waals surface area contributed by atoms with Crippen LogP contribution in [0.25, 0.3) is 0 Å². The molecule has 1 saturated carbocycles. The van der Waals surface area contributed by atoms with Crippen LogP contribution < -0.4 is 0 Å². The largest absolute Gasteiger partial charge is 0.478 e. The molecule has 1 fully saturated rings. The number of nitrogens with zero attached hydrogens (tertiary/aromatic N) is 1. The van der Waals surface area contributed by atoms with Gasteiger partial charge >= 0.3 is 5.97 Å². The molecule has 0 aliphatic heterocycles. The fourth-order valence-electron chi connectivity index (χ4n) is 1.99. The van der Waals surface area contributed by atoms with Crippen molar-refractivity contribution in [2.75, 3.05) is 0 Å². The molecular weight excluding hydrogens is 225 g/mol. The molecular formula is C12H10FNO3. The number of halogens is 1. The minimum Gasteiger partial charge on any atom is -0.478 e. The quantitative estimate of drug-likeness (QED) is 0.644. The van der Waals surface area contributed by atoms with E-state index in [1.165, 1.54) is 18.2 Å². The Morgan fingerprint density at radius 2 is 2.18 bits per heavy atom. The number of isocyanates is 1. The fourth-order valence-corrected chi connectivity index (χ4v) is 1.99. The van der Waals surface area contributed by atoms with E-state index in [1.54, 1.807) is 6.92 Å². The fraction of sp³-hybridized carbons (Fsp3) is 0.333. The first-order valence-electron chi connectivity index (χ1n) is 5.13. The summed E-state index contributed by atoms with van der Waals surface area (Å²) in [4.78, 5) is 24.9. The minimum absolute atomic E-state index is 0.391. The lowest BCUT2D eigenvalue weighted by atomic mass is 9.96. The molecule has 2 rings (SSSR count). The lowest BCUT2D eigenvalue weighted by molar-refractivity contribution is 0.0691. The van der Waals surface area contributed by atoms with Gasteiger partial charge in [-0.3, -0.25) is 0 Å². The highest BCUT2D eigenvalue weighted by atomic mass is 19.1. The second kappa shape index (κ2) is 3.79. The van der Waals surface area contributed by atoms with E-state index in [0.29, 0.717) is 24.0 Å². The number of hydrogen-bond acceptors (Lipinski definition) is 3. The smallest absolute Gasteiger partial charge is 0.338 e. The third kappa shape index (κ3) is 1.85. The minimum atomic E-state index is -1.32. The van der Waals surface area contributed by atoms with Crippen LogP contribution in [0.3, 0.4) is 0 Å². The molecule has 0 atom stereocenters. The molecule has 0 amide bonds. The zero-order valence-corrected chi connectivity index (χ0v) is 9.16. The number of rotatable bonds is 3. The Balaban J connectivity index is 2.59. The van der Waals surface area contributed by atoms with Crippen LogP contribution in [0.15, 0.2) is 17.1 Å². The van der Waals surface area contributed by atoms with Gasteiger partial charge in [0.05, 0.1) is 11.1 Å². The van der Waals surface area contributed by atoms with Gasteiger partial charge in [0.25, 0.3) is 0 Å². The summed E-state index contributed by atoms with van der Waals surface area (Å²) >= 11 is 0. The molecule has 0 saturated heterocycles. The second-order valence-corrected chi connectivity index (χ2v) is 4.19. The molecule has 1 N–H and O–H groups in total. The number of aromatic carboxylic acids is 1. The van der Waals surface area contributed by atoms with E-state index in [1.807, 2.05) is 0 Å². The predicted octanol–water partition coefficient (Wildman–Crippen LogP) is 2.16. The Kier molecular flexibility index (Phi) is 2.56. The summed E-state index contributed by atoms with van der Waals surface area (Å²) in [5, 5.41) is 8.85. The summed E-state index contributed by atoms with van der Waals surface area (Å²) in [5.41, 5.74) is 0.130. The first-order chi connectivity index (χ1) is 8.00. The summed E-state index contributed by atoms with van der Waals surface area (Å²) in [7, 11) is 0. The molecule has 1 aliphatic rings. The van der Waals surface area contributed by atoms with E-state index < -0.39 is 22.9 Å². The molecule has 88 valence electrons. The van der Waals surface area contributed by atoms with Crippen molar-refractivity contribution in [1.82, 2.24) is 0 Å². The highest BCUT2D eigenvalue weighted by molar-refractivity contribution is 5.88. The molecule has 17 heavy (non-hydrogen) atoms. The number of carboxylic acids is 1. The number of carboxylic acid groups (broad SMARTS) is 1. The zero-order chi connectivity index (χ0) is 12.6. The van der Waals surface area contributed by atoms with Crippen LogP contribution >= 0.6 is 0 Å². The maximum absolute atomic E-state index is 13.4. The van der Waals surface area contributed by atoms with Crippen LogP contribution in [0.2, 0.25) is 0 Å². The van der Waals surface area contributed by atoms with Gasteiger partial charge in [0, 0.05) is 0 Å². The summed E-state index contributed by atoms with van der Waals surface area (Å²) in [5.74, 6) is -2.10. The molecule has 4 nitrogen and oxygen atoms in total. The van der Waals surface area contributed by atoms with Crippen LogP contribution in [-0.2, 0) is 10.3 Å². The van der Waals surface area contributed by atoms with E-state index in [9.17, 15) is 14.0 Å². The maximum atomic E-state index is 13.4. The van der Waals surface area contributed by atoms with Crippen LogP contribution in [-0.4, -0.2) is 17.2 Å². The lowest BCUT2D eigenvalue weighted by Gasteiger charge is -2.13. The number of aliphatic imine (C=N–C) groups is 1. The summed E-state index contributed by atoms with van der Waals surface area (Å²) in [6, 6.07) is 2.43. The summed E-state index contributed by atoms with van der Waals surface area (Å²) in [6.45, 7) is 1.67. The van der Waals surface area contributed by atoms with Crippen LogP contribution in [0.5, 0.6) is 0 Å². The van der Waals surface area contributed by atoms with Crippen LogP contribution in [0.1, 0.15) is 34.3 Å². The molecule has 0 bridgehead atoms. The summed E-state index contributed by atoms with van der Waals surface area (Å²) in [6.07, 6.45) is 2.81. The molecule has 1 aliphatic carbocycles. The monoisotopic (exact) mass is 235 g/mol. The first kappa shape index (κ1) is 11.5. The van der Waals surface area contributed by atoms with E-state index in [0.717, 1.165) is 0 Å². The number of carbonyl (C=O) groups is 1. The highest BCUT2D eigenvalue weighted by Crippen LogP contribution is 2.50. The number of hydrogen-bond donors (Lipinski definition) is 1. The Hall–Kier alpha value is -2.00. The Morgan fingerprint density at radius 3 is 2.65 bits per heavy atom. The van der Waals surface area contributed by atoms with Gasteiger partial charge in [0.2, 0.25) is 6.08 Å². The van der Waals surface area contributed by atoms with Gasteiger partial charge < -0.3 is 5.11 Å². The molecule has 0 unspecified atom stereocenters. The van der Waals surface area contributed by atoms with Gasteiger partial charge in [-0.2, -0.15) is 4.99 Å². The molecule has 1 aromatic carbocycles. The SMILES string of the molecule is Cc1cc(F)c(C(=O)O)cc1C1(N=C=O)CC1. The lowest BCUT2D eigenvalue weighted by Crippen LogP contribution is -2.10. The number of carbonyl (C=O) groups excluding carboxylic acids is 1. The van der Waals surface area contributed by atoms with Crippen molar-refractivity contribution in [1.29, 1.82) is 0 Å². The van der Waals surface area contributed by atoms with E-state index in [-0.39, 0.29) is 0 Å². The Morgan fingerprint density at radius 1 is 1.53 bits per heavy atom. The standard InChI is InChI=1S/C12H10FNO3/c1-7-4-10(13)8(11(16)17)5-9(7)12(2-3-12)14-6-15/h4-5H,2-3H2,1H3,(H,16,17). The van der Waals surface area contributed by atoms with Crippen LogP contribution in [0.4, 0.5) is 4.39 Å². The molecule has 1 aromatic rings. The Bertz CT molecular complexity index is 543. The van der Waals surface area contributed by atoms with Crippen molar-refractivity contribution >= 4 is 12.0 Å². The predicted molar refractivity (Wildman–Crippen MR) is 57.1 cm³/mol. The maximum Gasteiger partial charge on any atom is 0.338 e. The molecule has 0 spiro atoms. The molecule has 5 heteroatoms. The van der Waals surface area contributed by atoms with Gasteiger partial charge in [0.15, 0.2) is 0 Å². The van der Waals surface area contributed by atoms with Gasteiger partial charge in [-0.15, -0.1) is 0 Å². The van der Waals surface area contributed by atoms with Crippen molar-refractivity contribution < 1.29 is 19.1 Å². The zero-order valence-electron chi connectivity index (χ0n) is 9.16. The average Bonchev–Trinajstić information content (AvgIpc) is 2.98. The van der Waals surface area contributed by atoms with Gasteiger partial charge in [-0.25, -0.2) is 14.0 Å². The van der Waals surface area contributed by atoms with E-state index >= 15 is 0 Å². The molecule has 0 heterocycles. The first-order valence-corrected chi connectivity index (χ1v) is 5.13. The van der Waals surface area contributed by atoms with E-state index in [4.69, 9.17) is 5.11 Å². The third-order valence-corrected chi connectivity index (χ3v) is 3.03. The molecule has 0 aromatic heterocycles. The summed E-state index contributed by atoms with van der Waals surface area (Å²) < 4.78 is 13.4. The van der Waals surface area contributed by atoms with Crippen molar-refractivity contribution in [2.24, 2.45) is 4.99 Å². The number of aryl methyl sites for hydroxylation is 1. The van der Waals surface area contributed by atoms with Crippen molar-refractivity contribution in [3.8, 4) is 0 Å². The van der Waals surface area contributed by atoms with Crippen molar-refractivity contribution in [2.45, 2.75) is 25.3 Å². The highest BCUT2D eigenvalue weighted by Gasteiger charge is 2.46. The van der Waals surface area contributed by atoms with Crippen molar-refractivity contribution in [3.63, 3.8) is 0 Å². The number of benzene rings is 1. The third-order valence-electron chi connectivity index (χ3n) is 3.03. The topological polar surface area (TPSA) is 66.7 Å². The Labute approximate surface area is 96.8 Å². The normalized spacial score (nSPS) is 16.1. The average molecular weight is 235 g/mol. The van der Waals surface area contributed by atoms with Gasteiger partial charge in [0.1, 0.15) is 5.82 Å². The van der Waals surface area contributed by atoms with Crippen molar-refractivity contribution in [3.05, 3.63) is 34.6 Å². The van der Waals surface area contributed by atoms with E-state index in [2.05, 4.69) is 4.99 Å². The van der Waals surface area contributed by atoms with Crippen LogP contribution in [0, 0.1) is 12.7 Å². The van der Waals surface area contributed by atoms with Gasteiger partial charge in [-0.1, -0.05) is 0 Å². The van der Waals surface area contributed by atoms with Gasteiger partial charge in [-0.05, 0) is 43.0 Å². The molecule has 0 radical (unpaired) electrons.